The Bertz CT molecular complexity index is 788. The summed E-state index contributed by atoms with van der Waals surface area (Å²) < 4.78 is 5.87. The van der Waals surface area contributed by atoms with Crippen LogP contribution in [0.2, 0.25) is 0 Å². The smallest absolute Gasteiger partial charge is 0.274 e. The van der Waals surface area contributed by atoms with Crippen LogP contribution < -0.4 is 5.73 Å². The first-order valence-electron chi connectivity index (χ1n) is 9.38. The number of aromatic amines is 1. The third kappa shape index (κ3) is 3.58. The summed E-state index contributed by atoms with van der Waals surface area (Å²) in [7, 11) is 0. The van der Waals surface area contributed by atoms with E-state index in [9.17, 15) is 4.79 Å². The van der Waals surface area contributed by atoms with Gasteiger partial charge in [0.05, 0.1) is 12.7 Å². The molecule has 4 rings (SSSR count). The summed E-state index contributed by atoms with van der Waals surface area (Å²) in [6.07, 6.45) is 7.72. The Morgan fingerprint density at radius 3 is 3.15 bits per heavy atom. The zero-order chi connectivity index (χ0) is 17.9. The third-order valence-electron chi connectivity index (χ3n) is 5.29. The van der Waals surface area contributed by atoms with Gasteiger partial charge in [0, 0.05) is 30.5 Å². The van der Waals surface area contributed by atoms with Gasteiger partial charge in [0.2, 0.25) is 0 Å². The monoisotopic (exact) mass is 355 g/mol. The molecule has 2 aromatic rings. The molecule has 1 aliphatic carbocycles. The van der Waals surface area contributed by atoms with E-state index >= 15 is 0 Å². The van der Waals surface area contributed by atoms with Crippen molar-refractivity contribution < 1.29 is 9.53 Å². The van der Waals surface area contributed by atoms with Crippen LogP contribution in [0, 0.1) is 0 Å². The number of nitrogens with one attached hydrogen (secondary N) is 1. The summed E-state index contributed by atoms with van der Waals surface area (Å²) in [6, 6.07) is 3.86. The number of carbonyl (C=O) groups excluding carboxylic acids is 1. The minimum absolute atomic E-state index is 0.0332. The Balaban J connectivity index is 1.38. The highest BCUT2D eigenvalue weighted by molar-refractivity contribution is 5.94. The van der Waals surface area contributed by atoms with Gasteiger partial charge in [0.15, 0.2) is 5.69 Å². The van der Waals surface area contributed by atoms with Crippen LogP contribution in [0.25, 0.3) is 0 Å². The molecule has 0 saturated carbocycles. The van der Waals surface area contributed by atoms with Gasteiger partial charge in [-0.15, -0.1) is 0 Å². The molecule has 0 bridgehead atoms. The number of morpholine rings is 1. The second kappa shape index (κ2) is 7.45. The van der Waals surface area contributed by atoms with Crippen molar-refractivity contribution in [3.8, 4) is 0 Å². The highest BCUT2D eigenvalue weighted by Gasteiger charge is 2.29. The number of fused-ring (bicyclic) bond motifs is 1. The van der Waals surface area contributed by atoms with Crippen LogP contribution in [0.4, 0.5) is 5.82 Å². The number of rotatable bonds is 4. The van der Waals surface area contributed by atoms with Gasteiger partial charge < -0.3 is 15.4 Å². The van der Waals surface area contributed by atoms with Crippen molar-refractivity contribution in [3.63, 3.8) is 0 Å². The molecular weight excluding hydrogens is 330 g/mol. The summed E-state index contributed by atoms with van der Waals surface area (Å²) in [5.41, 5.74) is 9.75. The second-order valence-corrected chi connectivity index (χ2v) is 7.11. The fourth-order valence-electron chi connectivity index (χ4n) is 3.86. The normalized spacial score (nSPS) is 20.0. The van der Waals surface area contributed by atoms with Crippen LogP contribution >= 0.6 is 0 Å². The van der Waals surface area contributed by atoms with Crippen molar-refractivity contribution in [1.29, 1.82) is 0 Å². The van der Waals surface area contributed by atoms with E-state index in [1.165, 1.54) is 6.42 Å². The summed E-state index contributed by atoms with van der Waals surface area (Å²) in [5, 5.41) is 7.39. The number of amides is 1. The van der Waals surface area contributed by atoms with Gasteiger partial charge >= 0.3 is 0 Å². The van der Waals surface area contributed by atoms with Gasteiger partial charge in [-0.2, -0.15) is 5.10 Å². The van der Waals surface area contributed by atoms with Gasteiger partial charge in [-0.25, -0.2) is 4.98 Å². The number of H-pyrrole nitrogens is 1. The number of ether oxygens (including phenoxy) is 1. The standard InChI is InChI=1S/C19H25N5O2/c20-17-11-13(7-8-21-17)5-6-14-12-24(9-10-26-14)19(25)18-15-3-1-2-4-16(15)22-23-18/h7-8,11,14H,1-6,9-10,12H2,(H2,20,21)(H,22,23). The summed E-state index contributed by atoms with van der Waals surface area (Å²) in [4.78, 5) is 18.9. The highest BCUT2D eigenvalue weighted by Crippen LogP contribution is 2.24. The number of hydrogen-bond acceptors (Lipinski definition) is 5. The number of nitrogen functional groups attached to an aromatic ring is 1. The average molecular weight is 355 g/mol. The van der Waals surface area contributed by atoms with Crippen molar-refractivity contribution in [2.75, 3.05) is 25.4 Å². The Labute approximate surface area is 152 Å². The fourth-order valence-corrected chi connectivity index (χ4v) is 3.86. The molecule has 7 nitrogen and oxygen atoms in total. The van der Waals surface area contributed by atoms with Gasteiger partial charge in [-0.3, -0.25) is 9.89 Å². The van der Waals surface area contributed by atoms with E-state index in [-0.39, 0.29) is 12.0 Å². The van der Waals surface area contributed by atoms with Crippen molar-refractivity contribution >= 4 is 11.7 Å². The van der Waals surface area contributed by atoms with Gasteiger partial charge in [-0.05, 0) is 56.2 Å². The zero-order valence-corrected chi connectivity index (χ0v) is 14.9. The van der Waals surface area contributed by atoms with E-state index in [4.69, 9.17) is 10.5 Å². The Morgan fingerprint density at radius 2 is 2.27 bits per heavy atom. The maximum atomic E-state index is 13.0. The van der Waals surface area contributed by atoms with Crippen LogP contribution in [-0.4, -0.2) is 51.8 Å². The quantitative estimate of drug-likeness (QED) is 0.871. The number of carbonyl (C=O) groups is 1. The molecule has 2 aromatic heterocycles. The number of anilines is 1. The molecule has 0 aromatic carbocycles. The lowest BCUT2D eigenvalue weighted by Gasteiger charge is -2.33. The zero-order valence-electron chi connectivity index (χ0n) is 14.9. The Morgan fingerprint density at radius 1 is 1.38 bits per heavy atom. The maximum absolute atomic E-state index is 13.0. The van der Waals surface area contributed by atoms with E-state index in [0.29, 0.717) is 31.2 Å². The Kier molecular flexibility index (Phi) is 4.88. The van der Waals surface area contributed by atoms with Gasteiger partial charge in [0.25, 0.3) is 5.91 Å². The predicted molar refractivity (Wildman–Crippen MR) is 97.8 cm³/mol. The minimum Gasteiger partial charge on any atom is -0.384 e. The van der Waals surface area contributed by atoms with Crippen LogP contribution in [0.15, 0.2) is 18.3 Å². The number of nitrogens with zero attached hydrogens (tertiary/aromatic N) is 3. The molecule has 0 spiro atoms. The molecule has 7 heteroatoms. The van der Waals surface area contributed by atoms with Crippen LogP contribution in [0.3, 0.4) is 0 Å². The van der Waals surface area contributed by atoms with Gasteiger partial charge in [-0.1, -0.05) is 0 Å². The maximum Gasteiger partial charge on any atom is 0.274 e. The first-order valence-corrected chi connectivity index (χ1v) is 9.38. The van der Waals surface area contributed by atoms with E-state index in [0.717, 1.165) is 48.9 Å². The van der Waals surface area contributed by atoms with Crippen LogP contribution in [0.1, 0.15) is 46.6 Å². The lowest BCUT2D eigenvalue weighted by Crippen LogP contribution is -2.46. The molecule has 1 atom stereocenters. The summed E-state index contributed by atoms with van der Waals surface area (Å²) in [5.74, 6) is 0.568. The molecule has 26 heavy (non-hydrogen) atoms. The topological polar surface area (TPSA) is 97.1 Å². The van der Waals surface area contributed by atoms with Gasteiger partial charge in [0.1, 0.15) is 5.82 Å². The number of nitrogens with two attached hydrogens (primary N) is 1. The van der Waals surface area contributed by atoms with E-state index < -0.39 is 0 Å². The fraction of sp³-hybridized carbons (Fsp3) is 0.526. The third-order valence-corrected chi connectivity index (χ3v) is 5.29. The lowest BCUT2D eigenvalue weighted by atomic mass is 9.95. The second-order valence-electron chi connectivity index (χ2n) is 7.11. The number of pyridine rings is 1. The predicted octanol–water partition coefficient (Wildman–Crippen LogP) is 1.74. The molecule has 0 radical (unpaired) electrons. The molecule has 1 amide bonds. The average Bonchev–Trinajstić information content (AvgIpc) is 3.10. The van der Waals surface area contributed by atoms with Crippen molar-refractivity contribution in [3.05, 3.63) is 40.8 Å². The summed E-state index contributed by atoms with van der Waals surface area (Å²) in [6.45, 7) is 1.81. The van der Waals surface area contributed by atoms with E-state index in [1.54, 1.807) is 6.20 Å². The molecule has 3 N–H and O–H groups in total. The van der Waals surface area contributed by atoms with E-state index in [1.807, 2.05) is 17.0 Å². The van der Waals surface area contributed by atoms with Crippen molar-refractivity contribution in [2.45, 2.75) is 44.6 Å². The molecule has 2 aliphatic rings. The number of hydrogen-bond donors (Lipinski definition) is 2. The molecule has 1 saturated heterocycles. The number of aromatic nitrogens is 3. The SMILES string of the molecule is Nc1cc(CCC2CN(C(=O)c3n[nH]c4c3CCCC4)CCO2)ccn1. The number of aryl methyl sites for hydroxylation is 2. The lowest BCUT2D eigenvalue weighted by molar-refractivity contribution is -0.0248. The van der Waals surface area contributed by atoms with Crippen LogP contribution in [-0.2, 0) is 24.0 Å². The van der Waals surface area contributed by atoms with Crippen LogP contribution in [0.5, 0.6) is 0 Å². The summed E-state index contributed by atoms with van der Waals surface area (Å²) >= 11 is 0. The molecule has 138 valence electrons. The first-order chi connectivity index (χ1) is 12.7. The van der Waals surface area contributed by atoms with Crippen molar-refractivity contribution in [1.82, 2.24) is 20.1 Å². The largest absolute Gasteiger partial charge is 0.384 e. The molecule has 1 fully saturated rings. The molecule has 3 heterocycles. The molecule has 1 aliphatic heterocycles. The highest BCUT2D eigenvalue weighted by atomic mass is 16.5. The molecule has 1 unspecified atom stereocenters. The Hall–Kier alpha value is -2.41. The molecular formula is C19H25N5O2. The minimum atomic E-state index is 0.0332. The van der Waals surface area contributed by atoms with E-state index in [2.05, 4.69) is 15.2 Å². The first kappa shape index (κ1) is 17.0. The van der Waals surface area contributed by atoms with Crippen molar-refractivity contribution in [2.24, 2.45) is 0 Å².